The van der Waals surface area contributed by atoms with Crippen LogP contribution in [0.3, 0.4) is 0 Å². The quantitative estimate of drug-likeness (QED) is 0.256. The van der Waals surface area contributed by atoms with E-state index in [9.17, 15) is 4.79 Å². The molecule has 5 heteroatoms. The number of carbonyl (C=O) groups excluding carboxylic acids is 1. The van der Waals surface area contributed by atoms with Crippen LogP contribution < -0.4 is 10.2 Å². The van der Waals surface area contributed by atoms with Crippen molar-refractivity contribution in [2.45, 2.75) is 32.6 Å². The van der Waals surface area contributed by atoms with Gasteiger partial charge in [-0.05, 0) is 41.3 Å². The van der Waals surface area contributed by atoms with Gasteiger partial charge < -0.3 is 4.74 Å². The van der Waals surface area contributed by atoms with E-state index in [1.165, 1.54) is 5.56 Å². The summed E-state index contributed by atoms with van der Waals surface area (Å²) in [5.41, 5.74) is 8.09. The molecular weight excluding hydrogens is 422 g/mol. The van der Waals surface area contributed by atoms with Gasteiger partial charge in [0.2, 0.25) is 0 Å². The van der Waals surface area contributed by atoms with Crippen molar-refractivity contribution in [2.75, 3.05) is 7.11 Å². The summed E-state index contributed by atoms with van der Waals surface area (Å²) in [6.07, 6.45) is 1.73. The van der Waals surface area contributed by atoms with Crippen LogP contribution in [-0.2, 0) is 0 Å². The molecule has 1 N–H and O–H groups in total. The van der Waals surface area contributed by atoms with Gasteiger partial charge in [0.1, 0.15) is 5.75 Å². The van der Waals surface area contributed by atoms with E-state index < -0.39 is 0 Å². The van der Waals surface area contributed by atoms with Gasteiger partial charge in [-0.3, -0.25) is 4.79 Å². The number of aromatic nitrogens is 1. The topological polar surface area (TPSA) is 63.6 Å². The van der Waals surface area contributed by atoms with Crippen LogP contribution in [0.15, 0.2) is 84.0 Å². The average Bonchev–Trinajstić information content (AvgIpc) is 2.88. The van der Waals surface area contributed by atoms with Crippen molar-refractivity contribution in [1.29, 1.82) is 0 Å². The van der Waals surface area contributed by atoms with Gasteiger partial charge in [-0.1, -0.05) is 75.4 Å². The van der Waals surface area contributed by atoms with E-state index in [1.807, 2.05) is 61.5 Å². The summed E-state index contributed by atoms with van der Waals surface area (Å²) in [4.78, 5) is 17.9. The predicted octanol–water partition coefficient (Wildman–Crippen LogP) is 6.55. The van der Waals surface area contributed by atoms with Crippen molar-refractivity contribution < 1.29 is 9.53 Å². The van der Waals surface area contributed by atoms with Crippen LogP contribution in [0.1, 0.15) is 54.1 Å². The zero-order valence-corrected chi connectivity index (χ0v) is 19.9. The van der Waals surface area contributed by atoms with Gasteiger partial charge in [-0.25, -0.2) is 10.4 Å². The molecule has 0 aliphatic heterocycles. The second kappa shape index (κ2) is 10.3. The zero-order valence-electron chi connectivity index (χ0n) is 19.9. The maximum Gasteiger partial charge on any atom is 0.272 e. The van der Waals surface area contributed by atoms with Crippen LogP contribution in [-0.4, -0.2) is 24.2 Å². The van der Waals surface area contributed by atoms with Crippen molar-refractivity contribution in [3.05, 3.63) is 95.6 Å². The Morgan fingerprint density at radius 1 is 0.941 bits per heavy atom. The molecule has 1 heterocycles. The predicted molar refractivity (Wildman–Crippen MR) is 139 cm³/mol. The van der Waals surface area contributed by atoms with Gasteiger partial charge in [0.05, 0.1) is 23.9 Å². The summed E-state index contributed by atoms with van der Waals surface area (Å²) in [5, 5.41) is 5.02. The summed E-state index contributed by atoms with van der Waals surface area (Å²) in [5.74, 6) is 1.03. The lowest BCUT2D eigenvalue weighted by atomic mass is 9.99. The summed E-state index contributed by atoms with van der Waals surface area (Å²) in [6.45, 7) is 6.36. The van der Waals surface area contributed by atoms with Crippen molar-refractivity contribution in [2.24, 2.45) is 5.10 Å². The van der Waals surface area contributed by atoms with Crippen LogP contribution in [0.5, 0.6) is 5.75 Å². The fraction of sp³-hybridized carbons (Fsp3) is 0.207. The second-order valence-electron chi connectivity index (χ2n) is 8.63. The molecule has 1 aromatic heterocycles. The highest BCUT2D eigenvalue weighted by Gasteiger charge is 2.14. The van der Waals surface area contributed by atoms with E-state index in [-0.39, 0.29) is 11.8 Å². The molecule has 0 saturated heterocycles. The van der Waals surface area contributed by atoms with E-state index in [1.54, 1.807) is 13.3 Å². The number of methoxy groups -OCH3 is 1. The summed E-state index contributed by atoms with van der Waals surface area (Å²) in [6, 6.07) is 25.7. The molecule has 0 aliphatic rings. The van der Waals surface area contributed by atoms with E-state index in [0.717, 1.165) is 33.5 Å². The molecule has 1 amide bonds. The number of nitrogens with one attached hydrogen (secondary N) is 1. The third kappa shape index (κ3) is 5.15. The number of rotatable bonds is 7. The number of pyridine rings is 1. The molecule has 5 nitrogen and oxygen atoms in total. The third-order valence-electron chi connectivity index (χ3n) is 5.94. The number of hydrogen-bond donors (Lipinski definition) is 1. The Labute approximate surface area is 200 Å². The third-order valence-corrected chi connectivity index (χ3v) is 5.94. The number of hydrazone groups is 1. The Hall–Kier alpha value is -3.99. The first-order valence-electron chi connectivity index (χ1n) is 11.4. The normalized spacial score (nSPS) is 12.3. The average molecular weight is 452 g/mol. The number of amides is 1. The Bertz CT molecular complexity index is 1310. The number of para-hydroxylation sites is 1. The molecule has 4 aromatic rings. The van der Waals surface area contributed by atoms with Crippen LogP contribution in [0.25, 0.3) is 22.2 Å². The van der Waals surface area contributed by atoms with Gasteiger partial charge in [0.25, 0.3) is 5.91 Å². The van der Waals surface area contributed by atoms with E-state index in [0.29, 0.717) is 11.5 Å². The second-order valence-corrected chi connectivity index (χ2v) is 8.63. The first kappa shape index (κ1) is 23.2. The minimum atomic E-state index is -0.267. The molecule has 3 aromatic carbocycles. The van der Waals surface area contributed by atoms with Crippen LogP contribution >= 0.6 is 0 Å². The Morgan fingerprint density at radius 2 is 1.62 bits per heavy atom. The minimum Gasteiger partial charge on any atom is -0.497 e. The highest BCUT2D eigenvalue weighted by molar-refractivity contribution is 6.07. The standard InChI is InChI=1S/C29H29N3O2/c1-19(2)21-9-11-23(12-10-21)28-17-26(25-7-5-6-8-27(25)31-28)29(33)32-30-18-20(3)22-13-15-24(34-4)16-14-22/h5-20H,1-4H3,(H,32,33)/b30-18-/t20-/m0/s1. The molecule has 0 unspecified atom stereocenters. The summed E-state index contributed by atoms with van der Waals surface area (Å²) < 4.78 is 5.21. The summed E-state index contributed by atoms with van der Waals surface area (Å²) in [7, 11) is 1.64. The van der Waals surface area contributed by atoms with Gasteiger partial charge in [-0.2, -0.15) is 5.10 Å². The number of benzene rings is 3. The maximum atomic E-state index is 13.1. The van der Waals surface area contributed by atoms with Gasteiger partial charge in [0, 0.05) is 23.1 Å². The van der Waals surface area contributed by atoms with Gasteiger partial charge in [0.15, 0.2) is 0 Å². The monoisotopic (exact) mass is 451 g/mol. The molecule has 4 rings (SSSR count). The van der Waals surface area contributed by atoms with Gasteiger partial charge >= 0.3 is 0 Å². The lowest BCUT2D eigenvalue weighted by molar-refractivity contribution is 0.0956. The van der Waals surface area contributed by atoms with Crippen molar-refractivity contribution >= 4 is 23.0 Å². The molecule has 0 spiro atoms. The summed E-state index contributed by atoms with van der Waals surface area (Å²) >= 11 is 0. The lowest BCUT2D eigenvalue weighted by Crippen LogP contribution is -2.19. The number of hydrogen-bond acceptors (Lipinski definition) is 4. The fourth-order valence-electron chi connectivity index (χ4n) is 3.81. The van der Waals surface area contributed by atoms with E-state index >= 15 is 0 Å². The van der Waals surface area contributed by atoms with Crippen LogP contribution in [0, 0.1) is 0 Å². The smallest absolute Gasteiger partial charge is 0.272 e. The first-order valence-corrected chi connectivity index (χ1v) is 11.4. The highest BCUT2D eigenvalue weighted by Crippen LogP contribution is 2.26. The van der Waals surface area contributed by atoms with Crippen LogP contribution in [0.4, 0.5) is 0 Å². The number of ether oxygens (including phenoxy) is 1. The molecule has 0 saturated carbocycles. The van der Waals surface area contributed by atoms with Crippen molar-refractivity contribution in [1.82, 2.24) is 10.4 Å². The number of nitrogens with zero attached hydrogens (tertiary/aromatic N) is 2. The fourth-order valence-corrected chi connectivity index (χ4v) is 3.81. The lowest BCUT2D eigenvalue weighted by Gasteiger charge is -2.11. The maximum absolute atomic E-state index is 13.1. The van der Waals surface area contributed by atoms with Gasteiger partial charge in [-0.15, -0.1) is 0 Å². The molecule has 0 aliphatic carbocycles. The van der Waals surface area contributed by atoms with E-state index in [4.69, 9.17) is 9.72 Å². The molecule has 0 radical (unpaired) electrons. The largest absolute Gasteiger partial charge is 0.497 e. The molecule has 0 fully saturated rings. The zero-order chi connectivity index (χ0) is 24.1. The Kier molecular flexibility index (Phi) is 7.02. The molecule has 34 heavy (non-hydrogen) atoms. The molecule has 1 atom stereocenters. The SMILES string of the molecule is COc1ccc([C@@H](C)/C=N\NC(=O)c2cc(-c3ccc(C(C)C)cc3)nc3ccccc23)cc1. The van der Waals surface area contributed by atoms with Crippen molar-refractivity contribution in [3.63, 3.8) is 0 Å². The van der Waals surface area contributed by atoms with Crippen LogP contribution in [0.2, 0.25) is 0 Å². The van der Waals surface area contributed by atoms with E-state index in [2.05, 4.69) is 48.6 Å². The molecular formula is C29H29N3O2. The van der Waals surface area contributed by atoms with Crippen molar-refractivity contribution in [3.8, 4) is 17.0 Å². The first-order chi connectivity index (χ1) is 16.5. The number of carbonyl (C=O) groups is 1. The molecule has 172 valence electrons. The minimum absolute atomic E-state index is 0.0374. The Morgan fingerprint density at radius 3 is 2.29 bits per heavy atom. The Balaban J connectivity index is 1.58. The highest BCUT2D eigenvalue weighted by atomic mass is 16.5. The molecule has 0 bridgehead atoms. The number of fused-ring (bicyclic) bond motifs is 1.